The average molecular weight is 1200 g/mol. The van der Waals surface area contributed by atoms with Crippen LogP contribution in [0.25, 0.3) is 17.2 Å². The number of nitrogens with zero attached hydrogens (tertiary/aromatic N) is 4. The molecule has 4 aromatic carbocycles. The lowest BCUT2D eigenvalue weighted by Crippen LogP contribution is -2.41. The SMILES string of the molecule is CC(C)(C)OC(=O)N1CC[C@@H](N)C1.CCC(=O)CC(=O)CC(C)(C)C.CCc1c(C(=O)NC(C)(C)C)c(-c2ccc(Oc3c(F)cccc3F)cc2)cn1[C@@H]1CCN(C(=O)OC(C)(C)C)C1.O=[N+]([O-])/C=C/c1ccc(Oc2c(F)cccc2F)cc1. The highest BCUT2D eigenvalue weighted by molar-refractivity contribution is 6.03. The van der Waals surface area contributed by atoms with Gasteiger partial charge in [0.1, 0.15) is 34.3 Å². The summed E-state index contributed by atoms with van der Waals surface area (Å²) >= 11 is 0. The van der Waals surface area contributed by atoms with Gasteiger partial charge in [-0.25, -0.2) is 27.2 Å². The summed E-state index contributed by atoms with van der Waals surface area (Å²) in [6, 6.07) is 19.8. The van der Waals surface area contributed by atoms with Crippen LogP contribution in [0.5, 0.6) is 23.0 Å². The normalized spacial score (nSPS) is 15.1. The summed E-state index contributed by atoms with van der Waals surface area (Å²) in [5, 5.41) is 13.3. The van der Waals surface area contributed by atoms with Gasteiger partial charge in [-0.1, -0.05) is 71.0 Å². The number of hydrogen-bond acceptors (Lipinski definition) is 12. The maximum atomic E-state index is 14.1. The van der Waals surface area contributed by atoms with Gasteiger partial charge >= 0.3 is 12.2 Å². The Morgan fingerprint density at radius 3 is 1.55 bits per heavy atom. The number of rotatable bonds is 14. The predicted octanol–water partition coefficient (Wildman–Crippen LogP) is 14.8. The maximum absolute atomic E-state index is 14.1. The Hall–Kier alpha value is -8.07. The number of ether oxygens (including phenoxy) is 4. The van der Waals surface area contributed by atoms with Gasteiger partial charge in [0.2, 0.25) is 6.20 Å². The van der Waals surface area contributed by atoms with Crippen LogP contribution in [0.1, 0.15) is 157 Å². The van der Waals surface area contributed by atoms with Gasteiger partial charge in [0, 0.05) is 74.1 Å². The number of hydrogen-bond donors (Lipinski definition) is 2. The van der Waals surface area contributed by atoms with E-state index in [2.05, 4.69) is 9.88 Å². The van der Waals surface area contributed by atoms with E-state index in [0.29, 0.717) is 50.0 Å². The molecule has 468 valence electrons. The molecule has 3 heterocycles. The molecule has 0 saturated carbocycles. The molecule has 0 spiro atoms. The quantitative estimate of drug-likeness (QED) is 0.0460. The van der Waals surface area contributed by atoms with Crippen molar-refractivity contribution in [2.75, 3.05) is 26.2 Å². The van der Waals surface area contributed by atoms with Gasteiger partial charge in [0.05, 0.1) is 22.9 Å². The minimum Gasteiger partial charge on any atom is -0.451 e. The number of nitro groups is 1. The van der Waals surface area contributed by atoms with Crippen LogP contribution < -0.4 is 20.5 Å². The monoisotopic (exact) mass is 1200 g/mol. The minimum atomic E-state index is -0.803. The molecule has 5 aromatic rings. The van der Waals surface area contributed by atoms with E-state index in [4.69, 9.17) is 24.7 Å². The third kappa shape index (κ3) is 23.4. The molecule has 2 atom stereocenters. The van der Waals surface area contributed by atoms with Crippen molar-refractivity contribution in [1.82, 2.24) is 19.7 Å². The van der Waals surface area contributed by atoms with Crippen LogP contribution >= 0.6 is 0 Å². The number of benzene rings is 4. The fourth-order valence-electron chi connectivity index (χ4n) is 8.76. The highest BCUT2D eigenvalue weighted by Gasteiger charge is 2.34. The zero-order valence-electron chi connectivity index (χ0n) is 51.9. The molecule has 86 heavy (non-hydrogen) atoms. The molecule has 2 saturated heterocycles. The van der Waals surface area contributed by atoms with Crippen molar-refractivity contribution in [3.63, 3.8) is 0 Å². The number of halogens is 4. The number of para-hydroxylation sites is 2. The van der Waals surface area contributed by atoms with Crippen molar-refractivity contribution in [2.45, 2.75) is 164 Å². The van der Waals surface area contributed by atoms with Gasteiger partial charge in [-0.2, -0.15) is 0 Å². The fraction of sp³-hybridized carbons (Fsp3) is 0.462. The summed E-state index contributed by atoms with van der Waals surface area (Å²) in [5.74, 6) is -3.75. The lowest BCUT2D eigenvalue weighted by atomic mass is 9.88. The molecular weight excluding hydrogens is 1120 g/mol. The number of carbonyl (C=O) groups is 5. The largest absolute Gasteiger partial charge is 0.451 e. The molecule has 17 nitrogen and oxygen atoms in total. The number of likely N-dealkylation sites (tertiary alicyclic amines) is 2. The molecule has 2 aliphatic rings. The summed E-state index contributed by atoms with van der Waals surface area (Å²) in [7, 11) is 0. The number of ketones is 2. The molecule has 21 heteroatoms. The summed E-state index contributed by atoms with van der Waals surface area (Å²) in [4.78, 5) is 72.9. The van der Waals surface area contributed by atoms with Crippen LogP contribution in [0.15, 0.2) is 97.3 Å². The van der Waals surface area contributed by atoms with Crippen molar-refractivity contribution in [3.05, 3.63) is 148 Å². The van der Waals surface area contributed by atoms with Gasteiger partial charge in [0.15, 0.2) is 34.8 Å². The number of carbonyl (C=O) groups excluding carboxylic acids is 5. The Kier molecular flexibility index (Phi) is 25.2. The molecule has 0 aliphatic carbocycles. The maximum Gasteiger partial charge on any atom is 0.410 e. The van der Waals surface area contributed by atoms with Crippen molar-refractivity contribution in [1.29, 1.82) is 0 Å². The smallest absolute Gasteiger partial charge is 0.410 e. The van der Waals surface area contributed by atoms with Gasteiger partial charge in [-0.3, -0.25) is 24.5 Å². The topological polar surface area (TPSA) is 215 Å². The van der Waals surface area contributed by atoms with E-state index in [9.17, 15) is 51.6 Å². The Morgan fingerprint density at radius 1 is 0.674 bits per heavy atom. The van der Waals surface area contributed by atoms with E-state index in [-0.39, 0.29) is 65.1 Å². The number of Topliss-reactive ketones (excluding diaryl/α,β-unsaturated/α-hetero) is 2. The van der Waals surface area contributed by atoms with Crippen molar-refractivity contribution in [3.8, 4) is 34.1 Å². The summed E-state index contributed by atoms with van der Waals surface area (Å²) in [6.07, 6.45) is 6.75. The lowest BCUT2D eigenvalue weighted by molar-refractivity contribution is -0.400. The van der Waals surface area contributed by atoms with E-state index in [1.165, 1.54) is 42.5 Å². The molecule has 2 fully saturated rings. The Balaban J connectivity index is 0.000000289. The van der Waals surface area contributed by atoms with Crippen LogP contribution in [0.2, 0.25) is 0 Å². The number of nitrogens with two attached hydrogens (primary N) is 1. The van der Waals surface area contributed by atoms with E-state index in [0.717, 1.165) is 66.7 Å². The Morgan fingerprint density at radius 2 is 1.14 bits per heavy atom. The third-order valence-electron chi connectivity index (χ3n) is 12.5. The lowest BCUT2D eigenvalue weighted by Gasteiger charge is -2.25. The van der Waals surface area contributed by atoms with Crippen LogP contribution in [0, 0.1) is 38.8 Å². The fourth-order valence-corrected chi connectivity index (χ4v) is 8.76. The molecule has 0 bridgehead atoms. The first-order valence-corrected chi connectivity index (χ1v) is 28.5. The van der Waals surface area contributed by atoms with Crippen molar-refractivity contribution in [2.24, 2.45) is 11.1 Å². The summed E-state index contributed by atoms with van der Waals surface area (Å²) in [5.41, 5.74) is 7.71. The van der Waals surface area contributed by atoms with Crippen molar-refractivity contribution >= 4 is 35.7 Å². The van der Waals surface area contributed by atoms with Crippen LogP contribution in [0.4, 0.5) is 27.2 Å². The second-order valence-electron chi connectivity index (χ2n) is 25.0. The second kappa shape index (κ2) is 30.8. The van der Waals surface area contributed by atoms with E-state index in [1.807, 2.05) is 96.2 Å². The standard InChI is InChI=1S/C32H39F2N3O4.C14H9F2NO3.C10H18O2.C9H18N2O2/c1-8-26-27(29(38)35-31(2,3)4)23(19-37(26)21-16-17-36(18-21)30(39)41-32(5,6)7)20-12-14-22(15-13-20)40-28-24(33)10-9-11-25(28)34;15-12-2-1-3-13(16)14(12)20-11-6-4-10(5-7-11)8-9-17(18)19;1-5-8(11)6-9(12)7-10(2,3)4;1-9(2,3)13-8(12)11-5-4-7(10)6-11/h9-15,19,21H,8,16-18H2,1-7H3,(H,35,38);1-9H;5-7H2,1-4H3;7H,4-6,10H2,1-3H3/b;9-8+;;/t21-;;;7-/m1..1/s1. The molecule has 3 N–H and O–H groups in total. The molecule has 3 amide bonds. The first kappa shape index (κ1) is 70.4. The van der Waals surface area contributed by atoms with Gasteiger partial charge in [-0.15, -0.1) is 0 Å². The number of nitrogens with one attached hydrogen (secondary N) is 1. The number of amides is 3. The first-order chi connectivity index (χ1) is 40.0. The van der Waals surface area contributed by atoms with E-state index < -0.39 is 56.4 Å². The zero-order chi connectivity index (χ0) is 64.5. The van der Waals surface area contributed by atoms with Gasteiger partial charge in [-0.05, 0) is 147 Å². The van der Waals surface area contributed by atoms with E-state index >= 15 is 0 Å². The molecular formula is C65H84F4N6O11. The molecule has 0 unspecified atom stereocenters. The van der Waals surface area contributed by atoms with Crippen molar-refractivity contribution < 1.29 is 65.4 Å². The minimum absolute atomic E-state index is 0.00506. The molecule has 2 aliphatic heterocycles. The predicted molar refractivity (Wildman–Crippen MR) is 323 cm³/mol. The number of aromatic nitrogens is 1. The summed E-state index contributed by atoms with van der Waals surface area (Å²) in [6.45, 7) is 29.0. The molecule has 0 radical (unpaired) electrons. The van der Waals surface area contributed by atoms with Gasteiger partial charge < -0.3 is 44.4 Å². The van der Waals surface area contributed by atoms with Gasteiger partial charge in [0.25, 0.3) is 5.91 Å². The van der Waals surface area contributed by atoms with Crippen LogP contribution in [-0.4, -0.2) is 97.9 Å². The Bertz CT molecular complexity index is 3120. The Labute approximate surface area is 502 Å². The van der Waals surface area contributed by atoms with Crippen LogP contribution in [-0.2, 0) is 25.5 Å². The third-order valence-corrected chi connectivity index (χ3v) is 12.5. The zero-order valence-corrected chi connectivity index (χ0v) is 51.9. The first-order valence-electron chi connectivity index (χ1n) is 28.5. The second-order valence-corrected chi connectivity index (χ2v) is 25.0. The summed E-state index contributed by atoms with van der Waals surface area (Å²) < 4.78 is 78.4. The molecule has 7 rings (SSSR count). The van der Waals surface area contributed by atoms with Crippen LogP contribution in [0.3, 0.4) is 0 Å². The highest BCUT2D eigenvalue weighted by atomic mass is 19.1. The molecule has 1 aromatic heterocycles. The highest BCUT2D eigenvalue weighted by Crippen LogP contribution is 2.37. The average Bonchev–Trinajstić information content (AvgIpc) is 4.31. The van der Waals surface area contributed by atoms with E-state index in [1.54, 1.807) is 41.0 Å².